The molecule has 0 spiro atoms. The molecule has 0 aromatic carbocycles. The summed E-state index contributed by atoms with van der Waals surface area (Å²) in [6, 6.07) is 0. The second-order valence-electron chi connectivity index (χ2n) is 2.12. The minimum atomic E-state index is -0.550. The van der Waals surface area contributed by atoms with Crippen molar-refractivity contribution in [3.8, 4) is 0 Å². The molecule has 0 bridgehead atoms. The third kappa shape index (κ3) is 4.53. The Hall–Kier alpha value is -0.340. The Balaban J connectivity index is 3.66. The summed E-state index contributed by atoms with van der Waals surface area (Å²) in [5, 5.41) is 8.95. The van der Waals surface area contributed by atoms with Gasteiger partial charge in [-0.15, -0.1) is 11.6 Å². The van der Waals surface area contributed by atoms with Crippen molar-refractivity contribution in [3.05, 3.63) is 11.6 Å². The minimum absolute atomic E-state index is 0.198. The van der Waals surface area contributed by atoms with Crippen LogP contribution < -0.4 is 0 Å². The molecule has 10 heavy (non-hydrogen) atoms. The van der Waals surface area contributed by atoms with E-state index in [4.69, 9.17) is 16.7 Å². The zero-order valence-corrected chi connectivity index (χ0v) is 6.56. The van der Waals surface area contributed by atoms with Gasteiger partial charge >= 0.3 is 0 Å². The van der Waals surface area contributed by atoms with Crippen molar-refractivity contribution in [1.82, 2.24) is 0 Å². The summed E-state index contributed by atoms with van der Waals surface area (Å²) in [6.45, 7) is 1.75. The highest BCUT2D eigenvalue weighted by Crippen LogP contribution is 2.04. The maximum atomic E-state index is 9.77. The van der Waals surface area contributed by atoms with Crippen LogP contribution in [0.2, 0.25) is 0 Å². The number of aliphatic hydroxyl groups excluding tert-OH is 1. The first-order valence-electron chi connectivity index (χ1n) is 2.98. The molecule has 0 aliphatic rings. The molecule has 0 saturated carbocycles. The fourth-order valence-electron chi connectivity index (χ4n) is 0.586. The third-order valence-corrected chi connectivity index (χ3v) is 1.40. The van der Waals surface area contributed by atoms with Gasteiger partial charge in [-0.05, 0) is 19.4 Å². The first-order chi connectivity index (χ1) is 4.70. The molecule has 1 N–H and O–H groups in total. The Morgan fingerprint density at radius 3 is 2.90 bits per heavy atom. The number of rotatable bonds is 4. The van der Waals surface area contributed by atoms with Crippen molar-refractivity contribution in [1.29, 1.82) is 0 Å². The Labute approximate surface area is 65.5 Å². The molecule has 1 unspecified atom stereocenters. The molecule has 3 heteroatoms. The van der Waals surface area contributed by atoms with Crippen LogP contribution in [0.15, 0.2) is 11.6 Å². The predicted molar refractivity (Wildman–Crippen MR) is 40.8 cm³/mol. The fourth-order valence-corrected chi connectivity index (χ4v) is 0.695. The van der Waals surface area contributed by atoms with Crippen LogP contribution in [-0.4, -0.2) is 23.4 Å². The average Bonchev–Trinajstić information content (AvgIpc) is 1.88. The van der Waals surface area contributed by atoms with Gasteiger partial charge < -0.3 is 5.11 Å². The lowest BCUT2D eigenvalue weighted by atomic mass is 10.1. The van der Waals surface area contributed by atoms with Crippen LogP contribution in [0.3, 0.4) is 0 Å². The molecule has 0 aromatic rings. The lowest BCUT2D eigenvalue weighted by Gasteiger charge is -2.04. The molecule has 0 aromatic heterocycles. The molecule has 2 nitrogen and oxygen atoms in total. The zero-order valence-electron chi connectivity index (χ0n) is 5.80. The van der Waals surface area contributed by atoms with Gasteiger partial charge in [-0.1, -0.05) is 5.57 Å². The molecule has 0 fully saturated rings. The highest BCUT2D eigenvalue weighted by Gasteiger charge is 2.01. The van der Waals surface area contributed by atoms with Crippen molar-refractivity contribution in [3.63, 3.8) is 0 Å². The van der Waals surface area contributed by atoms with Crippen LogP contribution in [0.5, 0.6) is 0 Å². The topological polar surface area (TPSA) is 37.3 Å². The quantitative estimate of drug-likeness (QED) is 0.494. The Bertz CT molecular complexity index is 132. The van der Waals surface area contributed by atoms with E-state index in [-0.39, 0.29) is 5.88 Å². The summed E-state index contributed by atoms with van der Waals surface area (Å²) in [7, 11) is 0. The van der Waals surface area contributed by atoms with Crippen molar-refractivity contribution in [2.45, 2.75) is 19.4 Å². The molecule has 0 amide bonds. The number of halogens is 1. The van der Waals surface area contributed by atoms with E-state index in [0.29, 0.717) is 6.42 Å². The number of hydrogen-bond donors (Lipinski definition) is 1. The molecule has 1 radical (unpaired) electrons. The molecule has 0 saturated heterocycles. The zero-order chi connectivity index (χ0) is 7.98. The molecule has 57 valence electrons. The van der Waals surface area contributed by atoms with Crippen molar-refractivity contribution in [2.75, 3.05) is 5.88 Å². The highest BCUT2D eigenvalue weighted by molar-refractivity contribution is 6.18. The number of aliphatic hydroxyl groups is 1. The van der Waals surface area contributed by atoms with E-state index in [1.54, 1.807) is 13.2 Å². The molecule has 0 aliphatic heterocycles. The molecular formula is C7H10ClO2. The number of carbonyl (C=O) groups excluding carboxylic acids is 1. The lowest BCUT2D eigenvalue weighted by molar-refractivity contribution is 0.198. The summed E-state index contributed by atoms with van der Waals surface area (Å²) in [6.07, 6.45) is 2.83. The van der Waals surface area contributed by atoms with Crippen LogP contribution in [0, 0.1) is 0 Å². The van der Waals surface area contributed by atoms with E-state index >= 15 is 0 Å². The highest BCUT2D eigenvalue weighted by atomic mass is 35.5. The molecule has 0 heterocycles. The first-order valence-corrected chi connectivity index (χ1v) is 3.51. The summed E-state index contributed by atoms with van der Waals surface area (Å²) in [5.74, 6) is 0.198. The van der Waals surface area contributed by atoms with Gasteiger partial charge in [-0.25, -0.2) is 0 Å². The van der Waals surface area contributed by atoms with Gasteiger partial charge in [-0.3, -0.25) is 4.79 Å². The second kappa shape index (κ2) is 5.45. The van der Waals surface area contributed by atoms with Gasteiger partial charge in [0, 0.05) is 5.88 Å². The maximum absolute atomic E-state index is 9.77. The van der Waals surface area contributed by atoms with E-state index in [1.165, 1.54) is 6.08 Å². The molecule has 0 aliphatic carbocycles. The lowest BCUT2D eigenvalue weighted by Crippen LogP contribution is -2.08. The van der Waals surface area contributed by atoms with Crippen molar-refractivity contribution in [2.24, 2.45) is 0 Å². The van der Waals surface area contributed by atoms with E-state index in [1.807, 2.05) is 0 Å². The standard InChI is InChI=1S/C7H10ClO2/c1-6(2-3-9)4-7(10)5-8/h2,7,10H,4-5H2,1H3. The van der Waals surface area contributed by atoms with Crippen LogP contribution in [0.25, 0.3) is 0 Å². The van der Waals surface area contributed by atoms with Crippen LogP contribution in [-0.2, 0) is 4.79 Å². The molecule has 1 atom stereocenters. The summed E-state index contributed by atoms with van der Waals surface area (Å²) in [5.41, 5.74) is 0.795. The minimum Gasteiger partial charge on any atom is -0.392 e. The van der Waals surface area contributed by atoms with Gasteiger partial charge in [0.2, 0.25) is 6.29 Å². The summed E-state index contributed by atoms with van der Waals surface area (Å²) >= 11 is 5.32. The normalized spacial score (nSPS) is 14.9. The van der Waals surface area contributed by atoms with Crippen molar-refractivity contribution < 1.29 is 9.90 Å². The van der Waals surface area contributed by atoms with Crippen LogP contribution >= 0.6 is 11.6 Å². The SMILES string of the molecule is CC(=C[C]=O)CC(O)CCl. The number of allylic oxidation sites excluding steroid dienone is 1. The smallest absolute Gasteiger partial charge is 0.225 e. The Morgan fingerprint density at radius 2 is 2.50 bits per heavy atom. The third-order valence-electron chi connectivity index (χ3n) is 1.04. The van der Waals surface area contributed by atoms with Gasteiger partial charge in [0.15, 0.2) is 0 Å². The monoisotopic (exact) mass is 161 g/mol. The van der Waals surface area contributed by atoms with E-state index < -0.39 is 6.10 Å². The molecular weight excluding hydrogens is 152 g/mol. The van der Waals surface area contributed by atoms with Crippen molar-refractivity contribution >= 4 is 17.9 Å². The molecule has 0 rings (SSSR count). The van der Waals surface area contributed by atoms with Gasteiger partial charge in [0.1, 0.15) is 0 Å². The van der Waals surface area contributed by atoms with Gasteiger partial charge in [0.05, 0.1) is 6.10 Å². The first kappa shape index (κ1) is 9.66. The largest absolute Gasteiger partial charge is 0.392 e. The Morgan fingerprint density at radius 1 is 1.90 bits per heavy atom. The predicted octanol–water partition coefficient (Wildman–Crippen LogP) is 1.03. The van der Waals surface area contributed by atoms with Gasteiger partial charge in [-0.2, -0.15) is 0 Å². The average molecular weight is 162 g/mol. The summed E-state index contributed by atoms with van der Waals surface area (Å²) in [4.78, 5) is 9.77. The Kier molecular flexibility index (Phi) is 5.26. The maximum Gasteiger partial charge on any atom is 0.225 e. The fraction of sp³-hybridized carbons (Fsp3) is 0.571. The summed E-state index contributed by atoms with van der Waals surface area (Å²) < 4.78 is 0. The van der Waals surface area contributed by atoms with E-state index in [2.05, 4.69) is 0 Å². The van der Waals surface area contributed by atoms with Gasteiger partial charge in [0.25, 0.3) is 0 Å². The van der Waals surface area contributed by atoms with E-state index in [0.717, 1.165) is 5.57 Å². The van der Waals surface area contributed by atoms with Crippen LogP contribution in [0.1, 0.15) is 13.3 Å². The second-order valence-corrected chi connectivity index (χ2v) is 2.43. The number of hydrogen-bond acceptors (Lipinski definition) is 2. The number of alkyl halides is 1. The van der Waals surface area contributed by atoms with Crippen LogP contribution in [0.4, 0.5) is 0 Å². The van der Waals surface area contributed by atoms with E-state index in [9.17, 15) is 4.79 Å².